The van der Waals surface area contributed by atoms with Crippen LogP contribution in [0.25, 0.3) is 11.0 Å². The zero-order valence-corrected chi connectivity index (χ0v) is 27.2. The van der Waals surface area contributed by atoms with Crippen molar-refractivity contribution >= 4 is 40.5 Å². The molecule has 3 aliphatic rings. The molecule has 1 aromatic heterocycles. The first-order chi connectivity index (χ1) is 21.2. The van der Waals surface area contributed by atoms with Crippen molar-refractivity contribution in [2.75, 3.05) is 26.2 Å². The van der Waals surface area contributed by atoms with Crippen molar-refractivity contribution < 1.29 is 19.5 Å². The maximum Gasteiger partial charge on any atom is 0.248 e. The lowest BCUT2D eigenvalue weighted by atomic mass is 9.65. The van der Waals surface area contributed by atoms with Crippen LogP contribution in [0.3, 0.4) is 0 Å². The fourth-order valence-corrected chi connectivity index (χ4v) is 10.2. The molecule has 11 heteroatoms. The van der Waals surface area contributed by atoms with Crippen LogP contribution in [0.15, 0.2) is 49.6 Å². The van der Waals surface area contributed by atoms with Gasteiger partial charge in [0.25, 0.3) is 0 Å². The minimum atomic E-state index is -0.845. The van der Waals surface area contributed by atoms with Gasteiger partial charge >= 0.3 is 0 Å². The summed E-state index contributed by atoms with van der Waals surface area (Å²) in [5, 5.41) is 19.3. The van der Waals surface area contributed by atoms with Crippen LogP contribution in [0, 0.1) is 23.7 Å². The molecule has 1 spiro atoms. The van der Waals surface area contributed by atoms with E-state index >= 15 is 0 Å². The number of hydrogen-bond acceptors (Lipinski definition) is 7. The van der Waals surface area contributed by atoms with E-state index in [4.69, 9.17) is 0 Å². The van der Waals surface area contributed by atoms with Crippen LogP contribution in [0.4, 0.5) is 0 Å². The van der Waals surface area contributed by atoms with E-state index in [0.717, 1.165) is 30.3 Å². The van der Waals surface area contributed by atoms with Crippen molar-refractivity contribution in [3.05, 3.63) is 49.6 Å². The number of aliphatic hydroxyl groups excluding tert-OH is 1. The van der Waals surface area contributed by atoms with Gasteiger partial charge < -0.3 is 19.8 Å². The zero-order valence-electron chi connectivity index (χ0n) is 26.3. The van der Waals surface area contributed by atoms with E-state index in [2.05, 4.69) is 30.4 Å². The minimum Gasteiger partial charge on any atom is -0.394 e. The Morgan fingerprint density at radius 1 is 1.18 bits per heavy atom. The number of para-hydroxylation sites is 1. The Bertz CT molecular complexity index is 1410. The molecule has 10 nitrogen and oxygen atoms in total. The highest BCUT2D eigenvalue weighted by Gasteiger charge is 2.77. The van der Waals surface area contributed by atoms with Gasteiger partial charge in [0.05, 0.1) is 34.7 Å². The van der Waals surface area contributed by atoms with E-state index in [1.54, 1.807) is 38.4 Å². The normalized spacial score (nSPS) is 28.6. The topological polar surface area (TPSA) is 112 Å². The van der Waals surface area contributed by atoms with Gasteiger partial charge in [0.1, 0.15) is 18.2 Å². The largest absolute Gasteiger partial charge is 0.394 e. The van der Waals surface area contributed by atoms with E-state index in [1.807, 2.05) is 49.9 Å². The molecule has 5 rings (SSSR count). The molecule has 3 amide bonds. The van der Waals surface area contributed by atoms with Gasteiger partial charge in [-0.15, -0.1) is 30.0 Å². The number of hydrogen-bond donors (Lipinski definition) is 1. The Morgan fingerprint density at radius 3 is 2.55 bits per heavy atom. The number of amides is 3. The number of carbonyl (C=O) groups excluding carboxylic acids is 3. The first-order valence-electron chi connectivity index (χ1n) is 15.9. The number of carbonyl (C=O) groups is 3. The third-order valence-corrected chi connectivity index (χ3v) is 12.2. The Hall–Kier alpha value is -3.18. The number of nitrogens with zero attached hydrogens (tertiary/aromatic N) is 6. The molecule has 3 aliphatic heterocycles. The summed E-state index contributed by atoms with van der Waals surface area (Å²) in [5.74, 6) is -1.66. The molecule has 2 bridgehead atoms. The van der Waals surface area contributed by atoms with Gasteiger partial charge in [0.15, 0.2) is 0 Å². The molecule has 3 saturated heterocycles. The van der Waals surface area contributed by atoms with Gasteiger partial charge in [-0.25, -0.2) is 4.68 Å². The zero-order chi connectivity index (χ0) is 31.8. The smallest absolute Gasteiger partial charge is 0.248 e. The summed E-state index contributed by atoms with van der Waals surface area (Å²) in [6.45, 7) is 17.1. The molecule has 2 aromatic rings. The van der Waals surface area contributed by atoms with Crippen LogP contribution in [-0.4, -0.2) is 101 Å². The molecule has 4 heterocycles. The molecule has 1 aromatic carbocycles. The Kier molecular flexibility index (Phi) is 9.55. The Balaban J connectivity index is 1.60. The lowest BCUT2D eigenvalue weighted by Gasteiger charge is -2.43. The molecule has 8 atom stereocenters. The van der Waals surface area contributed by atoms with Crippen LogP contribution in [0.2, 0.25) is 0 Å². The summed E-state index contributed by atoms with van der Waals surface area (Å²) in [6, 6.07) is 6.18. The lowest BCUT2D eigenvalue weighted by molar-refractivity contribution is -0.148. The third-order valence-electron chi connectivity index (χ3n) is 10.1. The maximum atomic E-state index is 15.0. The third kappa shape index (κ3) is 5.05. The van der Waals surface area contributed by atoms with Crippen molar-refractivity contribution in [2.45, 2.75) is 75.7 Å². The second-order valence-corrected chi connectivity index (χ2v) is 14.1. The summed E-state index contributed by atoms with van der Waals surface area (Å²) in [7, 11) is 0. The van der Waals surface area contributed by atoms with E-state index < -0.39 is 28.7 Å². The molecule has 3 unspecified atom stereocenters. The molecule has 0 aliphatic carbocycles. The number of aliphatic hydroxyl groups is 1. The van der Waals surface area contributed by atoms with E-state index in [0.29, 0.717) is 13.1 Å². The highest BCUT2D eigenvalue weighted by Crippen LogP contribution is 2.69. The molecule has 1 N–H and O–H groups in total. The highest BCUT2D eigenvalue weighted by molar-refractivity contribution is 8.02. The summed E-state index contributed by atoms with van der Waals surface area (Å²) < 4.78 is 0.897. The number of thioether (sulfide) groups is 1. The molecule has 3 fully saturated rings. The van der Waals surface area contributed by atoms with Crippen molar-refractivity contribution in [2.24, 2.45) is 23.7 Å². The molecule has 44 heavy (non-hydrogen) atoms. The molecule has 0 radical (unpaired) electrons. The Labute approximate surface area is 264 Å². The van der Waals surface area contributed by atoms with Crippen molar-refractivity contribution in [3.8, 4) is 0 Å². The quantitative estimate of drug-likeness (QED) is 0.321. The van der Waals surface area contributed by atoms with Crippen LogP contribution in [0.1, 0.15) is 47.0 Å². The molecule has 0 saturated carbocycles. The van der Waals surface area contributed by atoms with Crippen LogP contribution in [-0.2, 0) is 21.1 Å². The van der Waals surface area contributed by atoms with E-state index in [1.165, 1.54) is 0 Å². The first-order valence-corrected chi connectivity index (χ1v) is 16.8. The summed E-state index contributed by atoms with van der Waals surface area (Å²) in [6.07, 6.45) is 5.68. The predicted molar refractivity (Wildman–Crippen MR) is 172 cm³/mol. The monoisotopic (exact) mass is 622 g/mol. The highest BCUT2D eigenvalue weighted by atomic mass is 32.2. The number of rotatable bonds is 14. The standard InChI is InChI=1S/C33H46N6O4S/c1-7-15-36(16-8-2)30(41)27-26-18-22(6)33(44-26)28(27)31(42)39(25(19-40)21(5)10-4)29(33)32(43)37(17-9-3)20-38-24-14-12-11-13-23(24)34-35-38/h7,9,11-14,21-22,25-29,40H,1,3,8,10,15-20H2,2,4-6H3/t21-,22?,25-,26+,27-,28-,29?,33?/m0/s1. The van der Waals surface area contributed by atoms with Crippen LogP contribution < -0.4 is 0 Å². The predicted octanol–water partition coefficient (Wildman–Crippen LogP) is 3.57. The second kappa shape index (κ2) is 13.0. The molecular weight excluding hydrogens is 576 g/mol. The minimum absolute atomic E-state index is 0.0162. The Morgan fingerprint density at radius 2 is 1.89 bits per heavy atom. The fraction of sp³-hybridized carbons (Fsp3) is 0.606. The maximum absolute atomic E-state index is 15.0. The number of aromatic nitrogens is 3. The van der Waals surface area contributed by atoms with Gasteiger partial charge in [-0.3, -0.25) is 14.4 Å². The summed E-state index contributed by atoms with van der Waals surface area (Å²) in [4.78, 5) is 49.1. The van der Waals surface area contributed by atoms with Gasteiger partial charge in [0, 0.05) is 24.9 Å². The molecule has 238 valence electrons. The fourth-order valence-electron chi connectivity index (χ4n) is 7.85. The number of fused-ring (bicyclic) bond motifs is 2. The lowest BCUT2D eigenvalue weighted by Crippen LogP contribution is -2.60. The van der Waals surface area contributed by atoms with Gasteiger partial charge in [-0.2, -0.15) is 0 Å². The SMILES string of the molecule is C=CCN(Cn1nnc2ccccc21)C(=O)C1N([C@@H](CO)[C@@H](C)CC)C(=O)[C@@H]2[C@@H](C(=O)N(CC=C)CCC)[C@H]3CC(C)C12S3. The number of benzene rings is 1. The van der Waals surface area contributed by atoms with Gasteiger partial charge in [-0.05, 0) is 36.8 Å². The van der Waals surface area contributed by atoms with Crippen molar-refractivity contribution in [1.82, 2.24) is 29.7 Å². The average Bonchev–Trinajstić information content (AvgIpc) is 3.74. The van der Waals surface area contributed by atoms with Gasteiger partial charge in [-0.1, -0.05) is 63.6 Å². The number of likely N-dealkylation sites (tertiary alicyclic amines) is 1. The van der Waals surface area contributed by atoms with E-state index in [9.17, 15) is 19.5 Å². The average molecular weight is 623 g/mol. The summed E-state index contributed by atoms with van der Waals surface area (Å²) in [5.41, 5.74) is 1.52. The van der Waals surface area contributed by atoms with Gasteiger partial charge in [0.2, 0.25) is 17.7 Å². The van der Waals surface area contributed by atoms with Crippen molar-refractivity contribution in [1.29, 1.82) is 0 Å². The molecular formula is C33H46N6O4S. The van der Waals surface area contributed by atoms with E-state index in [-0.39, 0.29) is 54.6 Å². The summed E-state index contributed by atoms with van der Waals surface area (Å²) >= 11 is 1.66. The van der Waals surface area contributed by atoms with Crippen molar-refractivity contribution in [3.63, 3.8) is 0 Å². The first kappa shape index (κ1) is 32.2. The second-order valence-electron chi connectivity index (χ2n) is 12.6. The van der Waals surface area contributed by atoms with Crippen LogP contribution >= 0.6 is 11.8 Å². The van der Waals surface area contributed by atoms with Crippen LogP contribution in [0.5, 0.6) is 0 Å².